The number of thioether (sulfide) groups is 1. The number of rotatable bonds is 6. The summed E-state index contributed by atoms with van der Waals surface area (Å²) in [5.74, 6) is 2.30. The third-order valence-corrected chi connectivity index (χ3v) is 5.80. The Balaban J connectivity index is 1.51. The number of nitrogens with two attached hydrogens (primary N) is 1. The topological polar surface area (TPSA) is 71.2 Å². The predicted molar refractivity (Wildman–Crippen MR) is 102 cm³/mol. The lowest BCUT2D eigenvalue weighted by atomic mass is 10.1. The number of nitrogens with one attached hydrogen (secondary N) is 1. The molecule has 1 saturated heterocycles. The van der Waals surface area contributed by atoms with Crippen LogP contribution in [0.4, 0.5) is 5.69 Å². The molecule has 2 heterocycles. The van der Waals surface area contributed by atoms with E-state index in [-0.39, 0.29) is 5.91 Å². The van der Waals surface area contributed by atoms with Gasteiger partial charge in [-0.3, -0.25) is 4.79 Å². The molecule has 0 bridgehead atoms. The van der Waals surface area contributed by atoms with Crippen LogP contribution in [0.1, 0.15) is 21.1 Å². The molecule has 1 aromatic carbocycles. The van der Waals surface area contributed by atoms with Gasteiger partial charge in [0, 0.05) is 48.8 Å². The van der Waals surface area contributed by atoms with E-state index in [0.29, 0.717) is 12.2 Å². The lowest BCUT2D eigenvalue weighted by Crippen LogP contribution is -2.34. The van der Waals surface area contributed by atoms with Crippen LogP contribution in [0.3, 0.4) is 0 Å². The van der Waals surface area contributed by atoms with Crippen molar-refractivity contribution in [3.63, 3.8) is 0 Å². The third-order valence-electron chi connectivity index (χ3n) is 3.99. The van der Waals surface area contributed by atoms with Crippen LogP contribution in [0.25, 0.3) is 0 Å². The van der Waals surface area contributed by atoms with E-state index in [1.165, 1.54) is 41.5 Å². The van der Waals surface area contributed by atoms with Crippen LogP contribution < -0.4 is 11.1 Å². The van der Waals surface area contributed by atoms with E-state index in [2.05, 4.69) is 27.3 Å². The van der Waals surface area contributed by atoms with Gasteiger partial charge in [0.25, 0.3) is 5.91 Å². The molecule has 0 saturated carbocycles. The summed E-state index contributed by atoms with van der Waals surface area (Å²) < 4.78 is 0. The maximum Gasteiger partial charge on any atom is 0.275 e. The van der Waals surface area contributed by atoms with Gasteiger partial charge in [0.2, 0.25) is 0 Å². The molecule has 1 fully saturated rings. The predicted octanol–water partition coefficient (Wildman–Crippen LogP) is 2.45. The Bertz CT molecular complexity index is 665. The summed E-state index contributed by atoms with van der Waals surface area (Å²) in [6, 6.07) is 8.08. The van der Waals surface area contributed by atoms with Crippen LogP contribution in [-0.4, -0.2) is 46.9 Å². The van der Waals surface area contributed by atoms with Crippen molar-refractivity contribution in [3.05, 3.63) is 45.9 Å². The molecule has 0 radical (unpaired) electrons. The van der Waals surface area contributed by atoms with Gasteiger partial charge >= 0.3 is 0 Å². The second-order valence-electron chi connectivity index (χ2n) is 5.69. The fraction of sp³-hybridized carbons (Fsp3) is 0.412. The summed E-state index contributed by atoms with van der Waals surface area (Å²) >= 11 is 3.44. The monoisotopic (exact) mass is 362 g/mol. The molecule has 0 atom stereocenters. The van der Waals surface area contributed by atoms with Crippen molar-refractivity contribution < 1.29 is 4.79 Å². The Labute approximate surface area is 150 Å². The van der Waals surface area contributed by atoms with E-state index in [9.17, 15) is 4.79 Å². The van der Waals surface area contributed by atoms with Crippen molar-refractivity contribution in [1.29, 1.82) is 0 Å². The number of anilines is 1. The molecule has 2 aromatic rings. The molecule has 24 heavy (non-hydrogen) atoms. The third kappa shape index (κ3) is 4.80. The van der Waals surface area contributed by atoms with Crippen LogP contribution in [0.2, 0.25) is 0 Å². The first kappa shape index (κ1) is 17.4. The first-order valence-electron chi connectivity index (χ1n) is 8.09. The van der Waals surface area contributed by atoms with Gasteiger partial charge in [-0.2, -0.15) is 11.8 Å². The Morgan fingerprint density at radius 2 is 2.00 bits per heavy atom. The summed E-state index contributed by atoms with van der Waals surface area (Å²) in [5.41, 5.74) is 8.04. The zero-order valence-electron chi connectivity index (χ0n) is 13.5. The number of nitrogens with zero attached hydrogens (tertiary/aromatic N) is 2. The number of carbonyl (C=O) groups is 1. The van der Waals surface area contributed by atoms with Gasteiger partial charge in [-0.25, -0.2) is 4.98 Å². The normalized spacial score (nSPS) is 15.4. The van der Waals surface area contributed by atoms with Crippen LogP contribution in [0.5, 0.6) is 0 Å². The van der Waals surface area contributed by atoms with Crippen LogP contribution >= 0.6 is 23.1 Å². The van der Waals surface area contributed by atoms with Gasteiger partial charge in [0.05, 0.1) is 0 Å². The maximum absolute atomic E-state index is 12.1. The fourth-order valence-corrected chi connectivity index (χ4v) is 4.20. The Morgan fingerprint density at radius 3 is 2.67 bits per heavy atom. The van der Waals surface area contributed by atoms with Crippen LogP contribution in [0.15, 0.2) is 29.6 Å². The van der Waals surface area contributed by atoms with Gasteiger partial charge in [-0.1, -0.05) is 12.1 Å². The zero-order chi connectivity index (χ0) is 16.8. The average Bonchev–Trinajstić information content (AvgIpc) is 3.11. The number of benzene rings is 1. The molecule has 0 spiro atoms. The fourth-order valence-electron chi connectivity index (χ4n) is 2.57. The number of hydrogen-bond acceptors (Lipinski definition) is 6. The molecule has 1 aromatic heterocycles. The van der Waals surface area contributed by atoms with Crippen molar-refractivity contribution in [2.24, 2.45) is 5.73 Å². The highest BCUT2D eigenvalue weighted by atomic mass is 32.2. The van der Waals surface area contributed by atoms with E-state index >= 15 is 0 Å². The lowest BCUT2D eigenvalue weighted by molar-refractivity contribution is 0.102. The largest absolute Gasteiger partial charge is 0.325 e. The van der Waals surface area contributed by atoms with Gasteiger partial charge in [-0.15, -0.1) is 11.3 Å². The molecule has 128 valence electrons. The van der Waals surface area contributed by atoms with E-state index in [1.807, 2.05) is 23.9 Å². The SMILES string of the molecule is NCc1nc(C(=O)Nc2ccc(CCN3CCSCC3)cc2)cs1. The van der Waals surface area contributed by atoms with E-state index < -0.39 is 0 Å². The van der Waals surface area contributed by atoms with Crippen molar-refractivity contribution >= 4 is 34.7 Å². The van der Waals surface area contributed by atoms with Crippen molar-refractivity contribution in [2.75, 3.05) is 36.5 Å². The van der Waals surface area contributed by atoms with Gasteiger partial charge < -0.3 is 16.0 Å². The molecule has 7 heteroatoms. The van der Waals surface area contributed by atoms with E-state index in [4.69, 9.17) is 5.73 Å². The number of aromatic nitrogens is 1. The number of thiazole rings is 1. The zero-order valence-corrected chi connectivity index (χ0v) is 15.2. The first-order valence-corrected chi connectivity index (χ1v) is 10.1. The summed E-state index contributed by atoms with van der Waals surface area (Å²) in [7, 11) is 0. The standard InChI is InChI=1S/C17H22N4OS2/c18-11-16-20-15(12-24-16)17(22)19-14-3-1-13(2-4-14)5-6-21-7-9-23-10-8-21/h1-4,12H,5-11,18H2,(H,19,22). The minimum absolute atomic E-state index is 0.190. The minimum atomic E-state index is -0.190. The minimum Gasteiger partial charge on any atom is -0.325 e. The van der Waals surface area contributed by atoms with Gasteiger partial charge in [0.1, 0.15) is 10.7 Å². The molecule has 3 N–H and O–H groups in total. The average molecular weight is 363 g/mol. The quantitative estimate of drug-likeness (QED) is 0.826. The molecule has 0 aliphatic carbocycles. The maximum atomic E-state index is 12.1. The van der Waals surface area contributed by atoms with Crippen molar-refractivity contribution in [2.45, 2.75) is 13.0 Å². The highest BCUT2D eigenvalue weighted by Crippen LogP contribution is 2.15. The molecule has 1 aliphatic rings. The Morgan fingerprint density at radius 1 is 1.25 bits per heavy atom. The Hall–Kier alpha value is -1.41. The second kappa shape index (κ2) is 8.62. The molecule has 1 aliphatic heterocycles. The summed E-state index contributed by atoms with van der Waals surface area (Å²) in [4.78, 5) is 18.9. The highest BCUT2D eigenvalue weighted by Gasteiger charge is 2.11. The molecule has 0 unspecified atom stereocenters. The van der Waals surface area contributed by atoms with Crippen molar-refractivity contribution in [1.82, 2.24) is 9.88 Å². The number of hydrogen-bond donors (Lipinski definition) is 2. The van der Waals surface area contributed by atoms with Gasteiger partial charge in [-0.05, 0) is 24.1 Å². The molecular weight excluding hydrogens is 340 g/mol. The Kier molecular flexibility index (Phi) is 6.25. The van der Waals surface area contributed by atoms with Crippen molar-refractivity contribution in [3.8, 4) is 0 Å². The number of amides is 1. The highest BCUT2D eigenvalue weighted by molar-refractivity contribution is 7.99. The van der Waals surface area contributed by atoms with E-state index in [1.54, 1.807) is 5.38 Å². The van der Waals surface area contributed by atoms with Gasteiger partial charge in [0.15, 0.2) is 0 Å². The summed E-state index contributed by atoms with van der Waals surface area (Å²) in [6.07, 6.45) is 1.05. The summed E-state index contributed by atoms with van der Waals surface area (Å²) in [6.45, 7) is 3.85. The van der Waals surface area contributed by atoms with E-state index in [0.717, 1.165) is 23.7 Å². The first-order chi connectivity index (χ1) is 11.7. The molecule has 1 amide bonds. The molecule has 5 nitrogen and oxygen atoms in total. The molecular formula is C17H22N4OS2. The summed E-state index contributed by atoms with van der Waals surface area (Å²) in [5, 5.41) is 5.39. The smallest absolute Gasteiger partial charge is 0.275 e. The lowest BCUT2D eigenvalue weighted by Gasteiger charge is -2.26. The van der Waals surface area contributed by atoms with Crippen LogP contribution in [0, 0.1) is 0 Å². The number of carbonyl (C=O) groups excluding carboxylic acids is 1. The second-order valence-corrected chi connectivity index (χ2v) is 7.85. The molecule has 3 rings (SSSR count). The van der Waals surface area contributed by atoms with Crippen LogP contribution in [-0.2, 0) is 13.0 Å².